The fourth-order valence-electron chi connectivity index (χ4n) is 2.22. The lowest BCUT2D eigenvalue weighted by Crippen LogP contribution is -2.42. The molecule has 1 aliphatic rings. The summed E-state index contributed by atoms with van der Waals surface area (Å²) in [6.07, 6.45) is 3.58. The molecule has 0 saturated heterocycles. The Labute approximate surface area is 118 Å². The molecule has 2 rings (SSSR count). The zero-order chi connectivity index (χ0) is 14.4. The van der Waals surface area contributed by atoms with Gasteiger partial charge in [-0.2, -0.15) is 0 Å². The molecule has 1 atom stereocenters. The fourth-order valence-corrected chi connectivity index (χ4v) is 2.22. The second-order valence-electron chi connectivity index (χ2n) is 5.19. The van der Waals surface area contributed by atoms with Crippen molar-refractivity contribution in [2.45, 2.75) is 25.2 Å². The monoisotopic (exact) mass is 276 g/mol. The van der Waals surface area contributed by atoms with Gasteiger partial charge in [-0.15, -0.1) is 0 Å². The molecule has 0 radical (unpaired) electrons. The lowest BCUT2D eigenvalue weighted by molar-refractivity contribution is -0.138. The molecule has 0 aliphatic heterocycles. The summed E-state index contributed by atoms with van der Waals surface area (Å²) in [5.74, 6) is -1.06. The van der Waals surface area contributed by atoms with Gasteiger partial charge >= 0.3 is 12.0 Å². The Balaban J connectivity index is 1.79. The van der Waals surface area contributed by atoms with Crippen molar-refractivity contribution in [3.63, 3.8) is 0 Å². The van der Waals surface area contributed by atoms with Gasteiger partial charge in [-0.05, 0) is 24.3 Å². The minimum Gasteiger partial charge on any atom is -0.481 e. The number of benzene rings is 1. The van der Waals surface area contributed by atoms with Crippen LogP contribution in [0.4, 0.5) is 4.79 Å². The van der Waals surface area contributed by atoms with Gasteiger partial charge in [0.15, 0.2) is 0 Å². The van der Waals surface area contributed by atoms with Crippen molar-refractivity contribution >= 4 is 12.0 Å². The van der Waals surface area contributed by atoms with Gasteiger partial charge in [-0.1, -0.05) is 36.8 Å². The molecular weight excluding hydrogens is 256 g/mol. The molecule has 1 unspecified atom stereocenters. The third-order valence-corrected chi connectivity index (χ3v) is 3.74. The van der Waals surface area contributed by atoms with Gasteiger partial charge in [0.1, 0.15) is 0 Å². The Hall–Kier alpha value is -2.04. The second kappa shape index (κ2) is 6.93. The van der Waals surface area contributed by atoms with Crippen molar-refractivity contribution in [1.82, 2.24) is 10.6 Å². The van der Waals surface area contributed by atoms with Crippen molar-refractivity contribution in [2.24, 2.45) is 5.92 Å². The van der Waals surface area contributed by atoms with Crippen molar-refractivity contribution in [3.05, 3.63) is 35.9 Å². The first-order chi connectivity index (χ1) is 9.66. The van der Waals surface area contributed by atoms with Gasteiger partial charge in [0, 0.05) is 13.1 Å². The second-order valence-corrected chi connectivity index (χ2v) is 5.19. The van der Waals surface area contributed by atoms with Crippen molar-refractivity contribution in [1.29, 1.82) is 0 Å². The number of hydrogen-bond acceptors (Lipinski definition) is 2. The van der Waals surface area contributed by atoms with E-state index < -0.39 is 11.9 Å². The van der Waals surface area contributed by atoms with Gasteiger partial charge in [-0.25, -0.2) is 4.79 Å². The fraction of sp³-hybridized carbons (Fsp3) is 0.467. The highest BCUT2D eigenvalue weighted by molar-refractivity contribution is 5.79. The maximum absolute atomic E-state index is 11.6. The SMILES string of the molecule is O=C(NCC1CCC1)NCC(C(=O)O)c1ccccc1. The number of amides is 2. The first-order valence-corrected chi connectivity index (χ1v) is 6.96. The molecule has 20 heavy (non-hydrogen) atoms. The van der Waals surface area contributed by atoms with E-state index in [1.54, 1.807) is 24.3 Å². The Morgan fingerprint density at radius 3 is 2.45 bits per heavy atom. The summed E-state index contributed by atoms with van der Waals surface area (Å²) in [4.78, 5) is 22.9. The normalized spacial score (nSPS) is 16.0. The maximum Gasteiger partial charge on any atom is 0.314 e. The van der Waals surface area contributed by atoms with E-state index in [-0.39, 0.29) is 12.6 Å². The topological polar surface area (TPSA) is 78.4 Å². The average molecular weight is 276 g/mol. The van der Waals surface area contributed by atoms with Gasteiger partial charge < -0.3 is 15.7 Å². The summed E-state index contributed by atoms with van der Waals surface area (Å²) in [6.45, 7) is 0.769. The molecule has 5 nitrogen and oxygen atoms in total. The van der Waals surface area contributed by atoms with Crippen LogP contribution in [-0.4, -0.2) is 30.2 Å². The lowest BCUT2D eigenvalue weighted by Gasteiger charge is -2.25. The van der Waals surface area contributed by atoms with Crippen molar-refractivity contribution in [3.8, 4) is 0 Å². The van der Waals surface area contributed by atoms with Crippen molar-refractivity contribution in [2.75, 3.05) is 13.1 Å². The molecule has 0 bridgehead atoms. The number of carboxylic acids is 1. The Bertz CT molecular complexity index is 457. The molecule has 0 heterocycles. The zero-order valence-electron chi connectivity index (χ0n) is 11.3. The van der Waals surface area contributed by atoms with Gasteiger partial charge in [0.05, 0.1) is 5.92 Å². The van der Waals surface area contributed by atoms with Crippen LogP contribution >= 0.6 is 0 Å². The van der Waals surface area contributed by atoms with Crippen LogP contribution in [0.3, 0.4) is 0 Å². The van der Waals surface area contributed by atoms with Crippen LogP contribution in [0.15, 0.2) is 30.3 Å². The highest BCUT2D eigenvalue weighted by Crippen LogP contribution is 2.25. The van der Waals surface area contributed by atoms with Crippen LogP contribution in [0.2, 0.25) is 0 Å². The summed E-state index contributed by atoms with van der Waals surface area (Å²) in [6, 6.07) is 8.64. The number of rotatable bonds is 6. The van der Waals surface area contributed by atoms with Gasteiger partial charge in [0.2, 0.25) is 0 Å². The Morgan fingerprint density at radius 1 is 1.20 bits per heavy atom. The number of hydrogen-bond donors (Lipinski definition) is 3. The first kappa shape index (κ1) is 14.4. The van der Waals surface area contributed by atoms with E-state index in [0.29, 0.717) is 18.0 Å². The molecule has 2 amide bonds. The molecule has 1 aromatic rings. The van der Waals surface area contributed by atoms with E-state index in [9.17, 15) is 14.7 Å². The Kier molecular flexibility index (Phi) is 4.98. The third kappa shape index (κ3) is 3.98. The molecule has 0 spiro atoms. The molecular formula is C15H20N2O3. The maximum atomic E-state index is 11.6. The summed E-state index contributed by atoms with van der Waals surface area (Å²) in [5, 5.41) is 14.7. The number of urea groups is 1. The number of carbonyl (C=O) groups excluding carboxylic acids is 1. The molecule has 0 aromatic heterocycles. The largest absolute Gasteiger partial charge is 0.481 e. The van der Waals surface area contributed by atoms with E-state index in [2.05, 4.69) is 10.6 Å². The van der Waals surface area contributed by atoms with Crippen LogP contribution in [0.25, 0.3) is 0 Å². The van der Waals surface area contributed by atoms with E-state index in [0.717, 1.165) is 0 Å². The number of nitrogens with one attached hydrogen (secondary N) is 2. The predicted octanol–water partition coefficient (Wildman–Crippen LogP) is 1.95. The average Bonchev–Trinajstić information content (AvgIpc) is 2.38. The highest BCUT2D eigenvalue weighted by atomic mass is 16.4. The molecule has 1 fully saturated rings. The summed E-state index contributed by atoms with van der Waals surface area (Å²) < 4.78 is 0. The van der Waals surface area contributed by atoms with Gasteiger partial charge in [-0.3, -0.25) is 4.79 Å². The summed E-state index contributed by atoms with van der Waals surface area (Å²) >= 11 is 0. The van der Waals surface area contributed by atoms with E-state index in [4.69, 9.17) is 0 Å². The van der Waals surface area contributed by atoms with E-state index in [1.807, 2.05) is 6.07 Å². The smallest absolute Gasteiger partial charge is 0.314 e. The standard InChI is InChI=1S/C15H20N2O3/c18-14(19)13(12-7-2-1-3-8-12)10-17-15(20)16-9-11-5-4-6-11/h1-3,7-8,11,13H,4-6,9-10H2,(H,18,19)(H2,16,17,20). The van der Waals surface area contributed by atoms with Crippen LogP contribution < -0.4 is 10.6 Å². The minimum atomic E-state index is -0.935. The summed E-state index contributed by atoms with van der Waals surface area (Å²) in [7, 11) is 0. The molecule has 1 aromatic carbocycles. The number of aliphatic carboxylic acids is 1. The first-order valence-electron chi connectivity index (χ1n) is 6.96. The lowest BCUT2D eigenvalue weighted by atomic mass is 9.85. The van der Waals surface area contributed by atoms with E-state index in [1.165, 1.54) is 19.3 Å². The van der Waals surface area contributed by atoms with Crippen LogP contribution in [0, 0.1) is 5.92 Å². The van der Waals surface area contributed by atoms with Crippen LogP contribution in [-0.2, 0) is 4.79 Å². The van der Waals surface area contributed by atoms with Crippen LogP contribution in [0.5, 0.6) is 0 Å². The molecule has 108 valence electrons. The van der Waals surface area contributed by atoms with E-state index >= 15 is 0 Å². The van der Waals surface area contributed by atoms with Crippen molar-refractivity contribution < 1.29 is 14.7 Å². The predicted molar refractivity (Wildman–Crippen MR) is 75.6 cm³/mol. The molecule has 3 N–H and O–H groups in total. The number of carbonyl (C=O) groups is 2. The minimum absolute atomic E-state index is 0.0931. The van der Waals surface area contributed by atoms with Gasteiger partial charge in [0.25, 0.3) is 0 Å². The third-order valence-electron chi connectivity index (χ3n) is 3.74. The highest BCUT2D eigenvalue weighted by Gasteiger charge is 2.21. The summed E-state index contributed by atoms with van der Waals surface area (Å²) in [5.41, 5.74) is 0.694. The molecule has 1 saturated carbocycles. The Morgan fingerprint density at radius 2 is 1.90 bits per heavy atom. The quantitative estimate of drug-likeness (QED) is 0.743. The molecule has 5 heteroatoms. The zero-order valence-corrected chi connectivity index (χ0v) is 11.3. The molecule has 1 aliphatic carbocycles. The number of carboxylic acid groups (broad SMARTS) is 1. The van der Waals surface area contributed by atoms with Crippen LogP contribution in [0.1, 0.15) is 30.7 Å².